The lowest BCUT2D eigenvalue weighted by Crippen LogP contribution is -2.21. The van der Waals surface area contributed by atoms with E-state index in [1.165, 1.54) is 44.2 Å². The largest absolute Gasteiger partial charge is 0.573 e. The van der Waals surface area contributed by atoms with Gasteiger partial charge in [0.2, 0.25) is 11.8 Å². The van der Waals surface area contributed by atoms with Crippen LogP contribution >= 0.6 is 0 Å². The molecule has 0 aliphatic carbocycles. The Balaban J connectivity index is 1.99. The molecule has 0 heterocycles. The van der Waals surface area contributed by atoms with Gasteiger partial charge in [0.15, 0.2) is 6.61 Å². The maximum atomic E-state index is 12.3. The molecule has 0 unspecified atom stereocenters. The maximum absolute atomic E-state index is 12.3. The minimum atomic E-state index is -4.84. The molecule has 0 radical (unpaired) electrons. The second-order valence-electron chi connectivity index (χ2n) is 6.36. The summed E-state index contributed by atoms with van der Waals surface area (Å²) in [4.78, 5) is 46.8. The molecule has 0 aliphatic heterocycles. The fourth-order valence-corrected chi connectivity index (χ4v) is 2.45. The van der Waals surface area contributed by atoms with Crippen LogP contribution in [0.4, 0.5) is 30.2 Å². The van der Waals surface area contributed by atoms with Crippen LogP contribution in [-0.2, 0) is 19.1 Å². The van der Waals surface area contributed by atoms with Crippen molar-refractivity contribution in [3.63, 3.8) is 0 Å². The van der Waals surface area contributed by atoms with Gasteiger partial charge in [-0.05, 0) is 42.5 Å². The fourth-order valence-electron chi connectivity index (χ4n) is 2.45. The Morgan fingerprint density at radius 1 is 0.812 bits per heavy atom. The number of nitrogens with one attached hydrogen (secondary N) is 3. The van der Waals surface area contributed by atoms with Crippen LogP contribution < -0.4 is 20.7 Å². The number of esters is 1. The molecule has 0 spiro atoms. The lowest BCUT2D eigenvalue weighted by atomic mass is 10.1. The molecule has 0 aromatic heterocycles. The average molecular weight is 453 g/mol. The summed E-state index contributed by atoms with van der Waals surface area (Å²) < 4.78 is 45.1. The van der Waals surface area contributed by atoms with Gasteiger partial charge in [-0.1, -0.05) is 0 Å². The number of halogens is 3. The molecule has 2 rings (SSSR count). The zero-order valence-electron chi connectivity index (χ0n) is 16.8. The number of carbonyl (C=O) groups is 4. The standard InChI is InChI=1S/C20H18F3N3O6/c1-11(27)24-15-7-13(8-16(9-15)25-12(2)28)19(30)31-10-18(29)26-14-3-5-17(6-4-14)32-20(21,22)23/h3-9H,10H2,1-2H3,(H,24,27)(H,25,28)(H,26,29). The molecular formula is C20H18F3N3O6. The van der Waals surface area contributed by atoms with E-state index in [4.69, 9.17) is 4.74 Å². The number of hydrogen-bond acceptors (Lipinski definition) is 6. The van der Waals surface area contributed by atoms with Gasteiger partial charge >= 0.3 is 12.3 Å². The maximum Gasteiger partial charge on any atom is 0.573 e. The summed E-state index contributed by atoms with van der Waals surface area (Å²) in [6.45, 7) is 1.82. The van der Waals surface area contributed by atoms with Crippen molar-refractivity contribution in [2.75, 3.05) is 22.6 Å². The predicted molar refractivity (Wildman–Crippen MR) is 107 cm³/mol. The van der Waals surface area contributed by atoms with E-state index in [0.29, 0.717) is 0 Å². The molecule has 0 bridgehead atoms. The number of carbonyl (C=O) groups excluding carboxylic acids is 4. The first-order valence-corrected chi connectivity index (χ1v) is 8.94. The molecular weight excluding hydrogens is 435 g/mol. The topological polar surface area (TPSA) is 123 Å². The molecule has 0 saturated heterocycles. The van der Waals surface area contributed by atoms with Crippen LogP contribution in [0.1, 0.15) is 24.2 Å². The monoisotopic (exact) mass is 453 g/mol. The zero-order valence-corrected chi connectivity index (χ0v) is 16.8. The first-order valence-electron chi connectivity index (χ1n) is 8.94. The summed E-state index contributed by atoms with van der Waals surface area (Å²) in [5.41, 5.74) is 0.560. The van der Waals surface area contributed by atoms with E-state index >= 15 is 0 Å². The van der Waals surface area contributed by atoms with E-state index in [0.717, 1.165) is 12.1 Å². The number of hydrogen-bond donors (Lipinski definition) is 3. The summed E-state index contributed by atoms with van der Waals surface area (Å²) in [6.07, 6.45) is -4.84. The van der Waals surface area contributed by atoms with Crippen molar-refractivity contribution in [2.45, 2.75) is 20.2 Å². The Kier molecular flexibility index (Phi) is 7.77. The zero-order chi connectivity index (χ0) is 23.9. The summed E-state index contributed by atoms with van der Waals surface area (Å²) in [5.74, 6) is -2.93. The Morgan fingerprint density at radius 2 is 1.34 bits per heavy atom. The van der Waals surface area contributed by atoms with Crippen LogP contribution in [0.25, 0.3) is 0 Å². The molecule has 2 aromatic carbocycles. The molecule has 0 atom stereocenters. The number of benzene rings is 2. The predicted octanol–water partition coefficient (Wildman–Crippen LogP) is 3.30. The average Bonchev–Trinajstić information content (AvgIpc) is 2.65. The van der Waals surface area contributed by atoms with Gasteiger partial charge in [-0.3, -0.25) is 14.4 Å². The minimum Gasteiger partial charge on any atom is -0.452 e. The number of alkyl halides is 3. The Bertz CT molecular complexity index is 988. The van der Waals surface area contributed by atoms with Crippen LogP contribution in [0.5, 0.6) is 5.75 Å². The molecule has 0 aliphatic rings. The van der Waals surface area contributed by atoms with Crippen molar-refractivity contribution in [2.24, 2.45) is 0 Å². The van der Waals surface area contributed by atoms with Gasteiger partial charge in [-0.2, -0.15) is 0 Å². The summed E-state index contributed by atoms with van der Waals surface area (Å²) in [6, 6.07) is 8.39. The third-order valence-electron chi connectivity index (χ3n) is 3.52. The molecule has 9 nitrogen and oxygen atoms in total. The molecule has 170 valence electrons. The Hall–Kier alpha value is -4.09. The first-order chi connectivity index (χ1) is 14.9. The van der Waals surface area contributed by atoms with Crippen molar-refractivity contribution in [3.05, 3.63) is 48.0 Å². The molecule has 32 heavy (non-hydrogen) atoms. The lowest BCUT2D eigenvalue weighted by molar-refractivity contribution is -0.274. The van der Waals surface area contributed by atoms with Crippen molar-refractivity contribution in [1.82, 2.24) is 0 Å². The molecule has 3 N–H and O–H groups in total. The summed E-state index contributed by atoms with van der Waals surface area (Å²) in [5, 5.41) is 7.29. The van der Waals surface area contributed by atoms with Crippen molar-refractivity contribution >= 4 is 40.8 Å². The molecule has 3 amide bonds. The van der Waals surface area contributed by atoms with Crippen LogP contribution in [-0.4, -0.2) is 36.7 Å². The van der Waals surface area contributed by atoms with E-state index in [-0.39, 0.29) is 22.6 Å². The van der Waals surface area contributed by atoms with Gasteiger partial charge in [0.25, 0.3) is 5.91 Å². The van der Waals surface area contributed by atoms with Crippen LogP contribution in [0, 0.1) is 0 Å². The summed E-state index contributed by atoms with van der Waals surface area (Å²) >= 11 is 0. The van der Waals surface area contributed by atoms with Crippen molar-refractivity contribution < 1.29 is 41.8 Å². The molecule has 2 aromatic rings. The minimum absolute atomic E-state index is 0.0403. The highest BCUT2D eigenvalue weighted by molar-refractivity contribution is 5.99. The number of amides is 3. The normalized spacial score (nSPS) is 10.7. The van der Waals surface area contributed by atoms with Crippen molar-refractivity contribution in [1.29, 1.82) is 0 Å². The quantitative estimate of drug-likeness (QED) is 0.553. The van der Waals surface area contributed by atoms with E-state index < -0.39 is 42.4 Å². The molecule has 0 saturated carbocycles. The van der Waals surface area contributed by atoms with Crippen LogP contribution in [0.3, 0.4) is 0 Å². The summed E-state index contributed by atoms with van der Waals surface area (Å²) in [7, 11) is 0. The Labute approximate surface area is 179 Å². The van der Waals surface area contributed by atoms with Crippen LogP contribution in [0.15, 0.2) is 42.5 Å². The van der Waals surface area contributed by atoms with Gasteiger partial charge in [-0.25, -0.2) is 4.79 Å². The molecule has 12 heteroatoms. The number of ether oxygens (including phenoxy) is 2. The highest BCUT2D eigenvalue weighted by Crippen LogP contribution is 2.24. The van der Waals surface area contributed by atoms with E-state index in [1.54, 1.807) is 0 Å². The fraction of sp³-hybridized carbons (Fsp3) is 0.200. The third-order valence-corrected chi connectivity index (χ3v) is 3.52. The van der Waals surface area contributed by atoms with Gasteiger partial charge in [-0.15, -0.1) is 13.2 Å². The van der Waals surface area contributed by atoms with Gasteiger partial charge in [0.1, 0.15) is 5.75 Å². The highest BCUT2D eigenvalue weighted by atomic mass is 19.4. The lowest BCUT2D eigenvalue weighted by Gasteiger charge is -2.11. The Morgan fingerprint density at radius 3 is 1.81 bits per heavy atom. The second kappa shape index (κ2) is 10.3. The smallest absolute Gasteiger partial charge is 0.452 e. The van der Waals surface area contributed by atoms with Gasteiger partial charge < -0.3 is 25.4 Å². The van der Waals surface area contributed by atoms with E-state index in [2.05, 4.69) is 20.7 Å². The van der Waals surface area contributed by atoms with Gasteiger partial charge in [0.05, 0.1) is 5.56 Å². The number of rotatable bonds is 7. The van der Waals surface area contributed by atoms with Gasteiger partial charge in [0, 0.05) is 30.9 Å². The first kappa shape index (κ1) is 24.2. The van der Waals surface area contributed by atoms with E-state index in [1.807, 2.05) is 0 Å². The SMILES string of the molecule is CC(=O)Nc1cc(NC(C)=O)cc(C(=O)OCC(=O)Nc2ccc(OC(F)(F)F)cc2)c1. The second-order valence-corrected chi connectivity index (χ2v) is 6.36. The highest BCUT2D eigenvalue weighted by Gasteiger charge is 2.31. The molecule has 0 fully saturated rings. The number of anilines is 3. The third kappa shape index (κ3) is 8.34. The van der Waals surface area contributed by atoms with Crippen molar-refractivity contribution in [3.8, 4) is 5.75 Å². The van der Waals surface area contributed by atoms with Crippen LogP contribution in [0.2, 0.25) is 0 Å². The van der Waals surface area contributed by atoms with E-state index in [9.17, 15) is 32.3 Å².